The van der Waals surface area contributed by atoms with Crippen LogP contribution in [0.4, 0.5) is 0 Å². The Bertz CT molecular complexity index is 937. The van der Waals surface area contributed by atoms with Crippen molar-refractivity contribution >= 4 is 22.8 Å². The highest BCUT2D eigenvalue weighted by Gasteiger charge is 2.28. The second-order valence-electron chi connectivity index (χ2n) is 6.82. The number of aromatic hydroxyl groups is 1. The quantitative estimate of drug-likeness (QED) is 0.811. The van der Waals surface area contributed by atoms with E-state index in [1.54, 1.807) is 30.9 Å². The number of likely N-dealkylation sites (tertiary alicyclic amines) is 1. The van der Waals surface area contributed by atoms with E-state index in [4.69, 9.17) is 9.52 Å². The highest BCUT2D eigenvalue weighted by atomic mass is 16.4. The number of hydrogen-bond donors (Lipinski definition) is 2. The van der Waals surface area contributed by atoms with Gasteiger partial charge >= 0.3 is 11.6 Å². The van der Waals surface area contributed by atoms with Gasteiger partial charge in [0.15, 0.2) is 0 Å². The van der Waals surface area contributed by atoms with Gasteiger partial charge in [-0.1, -0.05) is 0 Å². The number of benzene rings is 1. The normalized spacial score (nSPS) is 15.4. The molecule has 0 radical (unpaired) electrons. The molecular weight excluding hydrogens is 338 g/mol. The Morgan fingerprint density at radius 3 is 2.50 bits per heavy atom. The van der Waals surface area contributed by atoms with E-state index in [-0.39, 0.29) is 23.6 Å². The molecule has 0 atom stereocenters. The van der Waals surface area contributed by atoms with Crippen LogP contribution >= 0.6 is 0 Å². The Morgan fingerprint density at radius 2 is 1.88 bits per heavy atom. The first-order valence-corrected chi connectivity index (χ1v) is 8.54. The maximum atomic E-state index is 12.6. The summed E-state index contributed by atoms with van der Waals surface area (Å²) in [6.07, 6.45) is 0.689. The van der Waals surface area contributed by atoms with Crippen molar-refractivity contribution in [2.75, 3.05) is 13.1 Å². The van der Waals surface area contributed by atoms with E-state index in [2.05, 4.69) is 0 Å². The molecule has 2 N–H and O–H groups in total. The number of hydrogen-bond acceptors (Lipinski definition) is 5. The summed E-state index contributed by atoms with van der Waals surface area (Å²) in [5.41, 5.74) is 1.23. The Kier molecular flexibility index (Phi) is 4.71. The van der Waals surface area contributed by atoms with Gasteiger partial charge in [0.25, 0.3) is 0 Å². The van der Waals surface area contributed by atoms with Gasteiger partial charge in [-0.2, -0.15) is 0 Å². The maximum Gasteiger partial charge on any atom is 0.340 e. The molecule has 1 aromatic heterocycles. The number of carboxylic acids is 1. The van der Waals surface area contributed by atoms with E-state index in [0.29, 0.717) is 42.5 Å². The summed E-state index contributed by atoms with van der Waals surface area (Å²) in [5, 5.41) is 19.7. The number of carbonyl (C=O) groups is 2. The van der Waals surface area contributed by atoms with Crippen LogP contribution in [0, 0.1) is 19.8 Å². The van der Waals surface area contributed by atoms with E-state index in [1.807, 2.05) is 0 Å². The molecule has 2 heterocycles. The summed E-state index contributed by atoms with van der Waals surface area (Å²) in [7, 11) is 0. The van der Waals surface area contributed by atoms with E-state index < -0.39 is 17.5 Å². The van der Waals surface area contributed by atoms with Crippen molar-refractivity contribution in [3.63, 3.8) is 0 Å². The Hall–Kier alpha value is -2.83. The third-order valence-corrected chi connectivity index (χ3v) is 5.03. The van der Waals surface area contributed by atoms with Crippen molar-refractivity contribution in [3.05, 3.63) is 39.2 Å². The van der Waals surface area contributed by atoms with Gasteiger partial charge in [-0.25, -0.2) is 4.79 Å². The molecule has 2 aromatic rings. The number of aryl methyl sites for hydroxylation is 2. The first-order chi connectivity index (χ1) is 12.3. The number of carboxylic acid groups (broad SMARTS) is 1. The lowest BCUT2D eigenvalue weighted by Crippen LogP contribution is -2.41. The zero-order valence-corrected chi connectivity index (χ0v) is 14.7. The van der Waals surface area contributed by atoms with Gasteiger partial charge < -0.3 is 19.5 Å². The number of nitrogens with zero attached hydrogens (tertiary/aromatic N) is 1. The van der Waals surface area contributed by atoms with Crippen LogP contribution in [0.1, 0.15) is 29.5 Å². The van der Waals surface area contributed by atoms with E-state index in [1.165, 1.54) is 0 Å². The van der Waals surface area contributed by atoms with Gasteiger partial charge in [0, 0.05) is 13.1 Å². The zero-order valence-electron chi connectivity index (χ0n) is 14.7. The van der Waals surface area contributed by atoms with Crippen LogP contribution in [-0.2, 0) is 16.0 Å². The first kappa shape index (κ1) is 18.0. The first-order valence-electron chi connectivity index (χ1n) is 8.54. The molecule has 0 aliphatic carbocycles. The van der Waals surface area contributed by atoms with E-state index in [9.17, 15) is 19.5 Å². The molecule has 1 aliphatic heterocycles. The van der Waals surface area contributed by atoms with Gasteiger partial charge in [0.2, 0.25) is 5.91 Å². The summed E-state index contributed by atoms with van der Waals surface area (Å²) >= 11 is 0. The maximum absolute atomic E-state index is 12.6. The van der Waals surface area contributed by atoms with Gasteiger partial charge in [-0.05, 0) is 49.9 Å². The Balaban J connectivity index is 1.86. The van der Waals surface area contributed by atoms with Crippen LogP contribution in [0.2, 0.25) is 0 Å². The largest absolute Gasteiger partial charge is 0.507 e. The molecule has 1 aliphatic rings. The second kappa shape index (κ2) is 6.82. The molecule has 138 valence electrons. The molecule has 3 rings (SSSR count). The molecule has 1 aromatic carbocycles. The average Bonchev–Trinajstić information content (AvgIpc) is 2.57. The summed E-state index contributed by atoms with van der Waals surface area (Å²) in [5.74, 6) is -1.49. The summed E-state index contributed by atoms with van der Waals surface area (Å²) in [6, 6.07) is 3.25. The Labute approximate surface area is 149 Å². The fourth-order valence-electron chi connectivity index (χ4n) is 3.50. The lowest BCUT2D eigenvalue weighted by Gasteiger charge is -2.30. The van der Waals surface area contributed by atoms with Crippen LogP contribution in [0.5, 0.6) is 5.75 Å². The molecular formula is C19H21NO6. The number of aliphatic carboxylic acids is 1. The van der Waals surface area contributed by atoms with Crippen LogP contribution in [0.15, 0.2) is 21.3 Å². The standard InChI is InChI=1S/C19H21NO6/c1-10-7-14(21)17-11(2)13(19(25)26-15(17)8-10)9-16(22)20-5-3-12(4-6-20)18(23)24/h7-8,12,21H,3-6,9H2,1-2H3,(H,23,24). The van der Waals surface area contributed by atoms with Crippen LogP contribution < -0.4 is 5.63 Å². The fourth-order valence-corrected chi connectivity index (χ4v) is 3.50. The average molecular weight is 359 g/mol. The van der Waals surface area contributed by atoms with Crippen LogP contribution in [0.25, 0.3) is 11.0 Å². The van der Waals surface area contributed by atoms with Crippen LogP contribution in [0.3, 0.4) is 0 Å². The topological polar surface area (TPSA) is 108 Å². The molecule has 0 saturated carbocycles. The van der Waals surface area contributed by atoms with Gasteiger partial charge in [-0.15, -0.1) is 0 Å². The number of piperidine rings is 1. The molecule has 1 fully saturated rings. The van der Waals surface area contributed by atoms with E-state index in [0.717, 1.165) is 5.56 Å². The molecule has 26 heavy (non-hydrogen) atoms. The third-order valence-electron chi connectivity index (χ3n) is 5.03. The van der Waals surface area contributed by atoms with Crippen LogP contribution in [-0.4, -0.2) is 40.1 Å². The van der Waals surface area contributed by atoms with Crippen molar-refractivity contribution in [3.8, 4) is 5.75 Å². The molecule has 7 nitrogen and oxygen atoms in total. The number of amides is 1. The number of phenolic OH excluding ortho intramolecular Hbond substituents is 1. The summed E-state index contributed by atoms with van der Waals surface area (Å²) < 4.78 is 5.31. The second-order valence-corrected chi connectivity index (χ2v) is 6.82. The predicted molar refractivity (Wildman–Crippen MR) is 94.3 cm³/mol. The third kappa shape index (κ3) is 3.29. The van der Waals surface area contributed by atoms with Gasteiger partial charge in [0.05, 0.1) is 23.3 Å². The van der Waals surface area contributed by atoms with Crippen molar-refractivity contribution in [1.82, 2.24) is 4.90 Å². The molecule has 0 unspecified atom stereocenters. The number of fused-ring (bicyclic) bond motifs is 1. The minimum atomic E-state index is -0.839. The molecule has 0 bridgehead atoms. The lowest BCUT2D eigenvalue weighted by molar-refractivity contribution is -0.145. The van der Waals surface area contributed by atoms with E-state index >= 15 is 0 Å². The SMILES string of the molecule is Cc1cc(O)c2c(C)c(CC(=O)N3CCC(C(=O)O)CC3)c(=O)oc2c1. The van der Waals surface area contributed by atoms with Crippen molar-refractivity contribution < 1.29 is 24.2 Å². The van der Waals surface area contributed by atoms with Crippen molar-refractivity contribution in [2.24, 2.45) is 5.92 Å². The Morgan fingerprint density at radius 1 is 1.23 bits per heavy atom. The molecule has 0 spiro atoms. The smallest absolute Gasteiger partial charge is 0.340 e. The molecule has 1 amide bonds. The number of phenols is 1. The van der Waals surface area contributed by atoms with Gasteiger partial charge in [-0.3, -0.25) is 9.59 Å². The fraction of sp³-hybridized carbons (Fsp3) is 0.421. The van der Waals surface area contributed by atoms with Gasteiger partial charge in [0.1, 0.15) is 11.3 Å². The number of carbonyl (C=O) groups excluding carboxylic acids is 1. The minimum Gasteiger partial charge on any atom is -0.507 e. The monoisotopic (exact) mass is 359 g/mol. The summed E-state index contributed by atoms with van der Waals surface area (Å²) in [6.45, 7) is 4.19. The zero-order chi connectivity index (χ0) is 19.0. The molecule has 1 saturated heterocycles. The highest BCUT2D eigenvalue weighted by molar-refractivity contribution is 5.89. The van der Waals surface area contributed by atoms with Crippen molar-refractivity contribution in [2.45, 2.75) is 33.1 Å². The highest BCUT2D eigenvalue weighted by Crippen LogP contribution is 2.30. The predicted octanol–water partition coefficient (Wildman–Crippen LogP) is 1.98. The molecule has 7 heteroatoms. The lowest BCUT2D eigenvalue weighted by atomic mass is 9.96. The summed E-state index contributed by atoms with van der Waals surface area (Å²) in [4.78, 5) is 37.5. The number of rotatable bonds is 3. The minimum absolute atomic E-state index is 0.0113. The van der Waals surface area contributed by atoms with Crippen molar-refractivity contribution in [1.29, 1.82) is 0 Å².